The van der Waals surface area contributed by atoms with E-state index < -0.39 is 24.3 Å². The van der Waals surface area contributed by atoms with E-state index in [1.807, 2.05) is 6.55 Å². The van der Waals surface area contributed by atoms with E-state index in [0.717, 1.165) is 0 Å². The second-order valence-corrected chi connectivity index (χ2v) is 7.44. The SMILES string of the molecule is C[Si](OCCCO)=[Ti]=[O]. The third-order valence-electron chi connectivity index (χ3n) is 0.765. The molecule has 0 spiro atoms. The zero-order valence-electron chi connectivity index (χ0n) is 5.39. The van der Waals surface area contributed by atoms with Crippen molar-refractivity contribution in [2.45, 2.75) is 13.0 Å². The fourth-order valence-electron chi connectivity index (χ4n) is 0.319. The van der Waals surface area contributed by atoms with Crippen molar-refractivity contribution in [3.63, 3.8) is 0 Å². The molecule has 1 N–H and O–H groups in total. The molecular weight excluding hydrogens is 172 g/mol. The van der Waals surface area contributed by atoms with E-state index in [1.54, 1.807) is 0 Å². The van der Waals surface area contributed by atoms with E-state index in [0.29, 0.717) is 13.0 Å². The van der Waals surface area contributed by atoms with E-state index in [4.69, 9.17) is 9.53 Å². The summed E-state index contributed by atoms with van der Waals surface area (Å²) in [6.45, 7) is 2.61. The Hall–Kier alpha value is 0.651. The molecule has 0 aliphatic carbocycles. The predicted molar refractivity (Wildman–Crippen MR) is 30.0 cm³/mol. The van der Waals surface area contributed by atoms with Gasteiger partial charge in [-0.15, -0.1) is 0 Å². The van der Waals surface area contributed by atoms with Gasteiger partial charge in [-0.25, -0.2) is 0 Å². The molecule has 0 radical (unpaired) electrons. The van der Waals surface area contributed by atoms with Gasteiger partial charge in [-0.1, -0.05) is 0 Å². The van der Waals surface area contributed by atoms with Gasteiger partial charge >= 0.3 is 63.3 Å². The maximum atomic E-state index is 10.2. The van der Waals surface area contributed by atoms with Crippen LogP contribution in [0.15, 0.2) is 0 Å². The minimum absolute atomic E-state index is 0.161. The molecular formula is C4H10O3SiTi. The molecule has 0 aromatic rings. The van der Waals surface area contributed by atoms with Crippen molar-refractivity contribution in [1.29, 1.82) is 0 Å². The van der Waals surface area contributed by atoms with Gasteiger partial charge in [-0.3, -0.25) is 0 Å². The molecule has 9 heavy (non-hydrogen) atoms. The number of aliphatic hydroxyl groups is 1. The summed E-state index contributed by atoms with van der Waals surface area (Å²) in [6, 6.07) is 0. The van der Waals surface area contributed by atoms with Gasteiger partial charge in [0.1, 0.15) is 0 Å². The van der Waals surface area contributed by atoms with Gasteiger partial charge in [-0.05, 0) is 0 Å². The predicted octanol–water partition coefficient (Wildman–Crippen LogP) is -0.0686. The Balaban J connectivity index is 3.17. The van der Waals surface area contributed by atoms with Crippen LogP contribution >= 0.6 is 0 Å². The number of hydrogen-bond acceptors (Lipinski definition) is 3. The van der Waals surface area contributed by atoms with Crippen LogP contribution in [-0.2, 0) is 25.6 Å². The first-order valence-electron chi connectivity index (χ1n) is 2.76. The van der Waals surface area contributed by atoms with Gasteiger partial charge in [-0.2, -0.15) is 0 Å². The van der Waals surface area contributed by atoms with Gasteiger partial charge in [0.25, 0.3) is 0 Å². The molecule has 0 saturated carbocycles. The van der Waals surface area contributed by atoms with E-state index in [9.17, 15) is 3.32 Å². The maximum absolute atomic E-state index is 10.2. The summed E-state index contributed by atoms with van der Waals surface area (Å²) in [4.78, 5) is 0. The standard InChI is InChI=1S/C4H10O2Si.O.Ti/c1-7-6-4-2-3-5;;/h5H,2-4H2,1H3;;. The van der Waals surface area contributed by atoms with Crippen LogP contribution in [-0.4, -0.2) is 24.7 Å². The first kappa shape index (κ1) is 9.65. The summed E-state index contributed by atoms with van der Waals surface area (Å²) in [6.07, 6.45) is -0.282. The molecule has 0 atom stereocenters. The normalized spacial score (nSPS) is 8.67. The van der Waals surface area contributed by atoms with Crippen molar-refractivity contribution in [3.8, 4) is 0 Å². The quantitative estimate of drug-likeness (QED) is 0.489. The topological polar surface area (TPSA) is 46.5 Å². The van der Waals surface area contributed by atoms with Crippen LogP contribution in [0, 0.1) is 0 Å². The molecule has 5 heteroatoms. The molecule has 0 aliphatic heterocycles. The van der Waals surface area contributed by atoms with Crippen LogP contribution in [0.4, 0.5) is 0 Å². The van der Waals surface area contributed by atoms with Crippen LogP contribution in [0.2, 0.25) is 6.55 Å². The molecule has 52 valence electrons. The Morgan fingerprint density at radius 1 is 1.78 bits per heavy atom. The van der Waals surface area contributed by atoms with Gasteiger partial charge in [0.15, 0.2) is 0 Å². The molecule has 0 heterocycles. The molecule has 0 rings (SSSR count). The Kier molecular flexibility index (Phi) is 7.26. The number of aliphatic hydroxyl groups excluding tert-OH is 1. The molecule has 0 unspecified atom stereocenters. The molecule has 0 aromatic heterocycles. The monoisotopic (exact) mass is 182 g/mol. The van der Waals surface area contributed by atoms with E-state index in [-0.39, 0.29) is 6.61 Å². The third kappa shape index (κ3) is 6.54. The fraction of sp³-hybridized carbons (Fsp3) is 1.00. The Labute approximate surface area is 63.6 Å². The van der Waals surface area contributed by atoms with E-state index in [2.05, 4.69) is 0 Å². The zero-order chi connectivity index (χ0) is 7.11. The Morgan fingerprint density at radius 2 is 2.44 bits per heavy atom. The molecule has 0 aromatic carbocycles. The summed E-state index contributed by atoms with van der Waals surface area (Å²) in [5.41, 5.74) is 0. The van der Waals surface area contributed by atoms with Crippen molar-refractivity contribution >= 4 is 6.43 Å². The molecule has 0 fully saturated rings. The number of rotatable bonds is 4. The van der Waals surface area contributed by atoms with Gasteiger partial charge in [0.05, 0.1) is 0 Å². The minimum atomic E-state index is -1.04. The van der Waals surface area contributed by atoms with Gasteiger partial charge in [0, 0.05) is 0 Å². The van der Waals surface area contributed by atoms with Gasteiger partial charge in [0.2, 0.25) is 0 Å². The Morgan fingerprint density at radius 3 is 2.89 bits per heavy atom. The first-order valence-corrected chi connectivity index (χ1v) is 7.65. The van der Waals surface area contributed by atoms with E-state index >= 15 is 0 Å². The average molecular weight is 182 g/mol. The van der Waals surface area contributed by atoms with Crippen molar-refractivity contribution in [3.05, 3.63) is 0 Å². The summed E-state index contributed by atoms with van der Waals surface area (Å²) in [7, 11) is 0. The Bertz CT molecular complexity index is 121. The van der Waals surface area contributed by atoms with Crippen molar-refractivity contribution < 1.29 is 30.7 Å². The van der Waals surface area contributed by atoms with Crippen LogP contribution < -0.4 is 0 Å². The molecule has 0 amide bonds. The van der Waals surface area contributed by atoms with Crippen molar-refractivity contribution in [2.24, 2.45) is 0 Å². The average Bonchev–Trinajstić information content (AvgIpc) is 1.89. The van der Waals surface area contributed by atoms with E-state index in [1.165, 1.54) is 0 Å². The molecule has 3 nitrogen and oxygen atoms in total. The molecule has 0 saturated heterocycles. The second kappa shape index (κ2) is 6.77. The van der Waals surface area contributed by atoms with Crippen LogP contribution in [0.3, 0.4) is 0 Å². The van der Waals surface area contributed by atoms with Crippen LogP contribution in [0.5, 0.6) is 0 Å². The van der Waals surface area contributed by atoms with Gasteiger partial charge < -0.3 is 0 Å². The molecule has 0 aliphatic rings. The fourth-order valence-corrected chi connectivity index (χ4v) is 1.58. The zero-order valence-corrected chi connectivity index (χ0v) is 7.95. The van der Waals surface area contributed by atoms with Crippen LogP contribution in [0.1, 0.15) is 6.42 Å². The first-order chi connectivity index (χ1) is 4.31. The summed E-state index contributed by atoms with van der Waals surface area (Å²) < 4.78 is 15.3. The second-order valence-electron chi connectivity index (χ2n) is 1.58. The summed E-state index contributed by atoms with van der Waals surface area (Å²) in [5, 5.41) is 8.32. The summed E-state index contributed by atoms with van der Waals surface area (Å²) >= 11 is -1.04. The van der Waals surface area contributed by atoms with Crippen molar-refractivity contribution in [1.82, 2.24) is 0 Å². The van der Waals surface area contributed by atoms with Crippen LogP contribution in [0.25, 0.3) is 0 Å². The third-order valence-corrected chi connectivity index (χ3v) is 3.71. The van der Waals surface area contributed by atoms with Crippen molar-refractivity contribution in [2.75, 3.05) is 13.2 Å². The number of hydrogen-bond donors (Lipinski definition) is 1. The summed E-state index contributed by atoms with van der Waals surface area (Å²) in [5.74, 6) is 0. The molecule has 0 bridgehead atoms.